The Kier molecular flexibility index (Phi) is 3.96. The van der Waals surface area contributed by atoms with E-state index < -0.39 is 11.9 Å². The lowest BCUT2D eigenvalue weighted by Crippen LogP contribution is -2.07. The standard InChI is InChI=1S/C16H12O4/c17-15(18)13-9-8-12(10-14(13)16(19)20)7-6-11-4-2-1-3-5-11/h1-10H,(H,17,18)(H,19,20)/b7-6-. The SMILES string of the molecule is O=C(O)c1ccc(/C=C\c2ccccc2)cc1C(=O)O. The van der Waals surface area contributed by atoms with Crippen molar-refractivity contribution in [1.82, 2.24) is 0 Å². The summed E-state index contributed by atoms with van der Waals surface area (Å²) in [6.07, 6.45) is 3.58. The fourth-order valence-corrected chi connectivity index (χ4v) is 1.79. The summed E-state index contributed by atoms with van der Waals surface area (Å²) in [7, 11) is 0. The van der Waals surface area contributed by atoms with Crippen molar-refractivity contribution in [3.8, 4) is 0 Å². The lowest BCUT2D eigenvalue weighted by atomic mass is 10.0. The van der Waals surface area contributed by atoms with E-state index in [0.717, 1.165) is 5.56 Å². The second-order valence-electron chi connectivity index (χ2n) is 4.16. The van der Waals surface area contributed by atoms with Crippen molar-refractivity contribution in [2.24, 2.45) is 0 Å². The lowest BCUT2D eigenvalue weighted by molar-refractivity contribution is 0.0651. The van der Waals surface area contributed by atoms with Gasteiger partial charge in [0.05, 0.1) is 11.1 Å². The molecule has 100 valence electrons. The van der Waals surface area contributed by atoms with Crippen molar-refractivity contribution in [1.29, 1.82) is 0 Å². The minimum Gasteiger partial charge on any atom is -0.478 e. The van der Waals surface area contributed by atoms with Crippen molar-refractivity contribution >= 4 is 24.1 Å². The highest BCUT2D eigenvalue weighted by Gasteiger charge is 2.15. The van der Waals surface area contributed by atoms with Crippen LogP contribution in [0.15, 0.2) is 48.5 Å². The molecule has 2 N–H and O–H groups in total. The Morgan fingerprint density at radius 3 is 1.95 bits per heavy atom. The van der Waals surface area contributed by atoms with E-state index in [1.807, 2.05) is 36.4 Å². The summed E-state index contributed by atoms with van der Waals surface area (Å²) in [6, 6.07) is 13.8. The molecule has 20 heavy (non-hydrogen) atoms. The molecule has 0 aliphatic heterocycles. The topological polar surface area (TPSA) is 74.6 Å². The van der Waals surface area contributed by atoms with Crippen LogP contribution in [0.1, 0.15) is 31.8 Å². The summed E-state index contributed by atoms with van der Waals surface area (Å²) in [5, 5.41) is 18.0. The third-order valence-electron chi connectivity index (χ3n) is 2.77. The number of rotatable bonds is 4. The predicted octanol–water partition coefficient (Wildman–Crippen LogP) is 3.25. The molecule has 0 saturated carbocycles. The summed E-state index contributed by atoms with van der Waals surface area (Å²) < 4.78 is 0. The van der Waals surface area contributed by atoms with Crippen LogP contribution >= 0.6 is 0 Å². The van der Waals surface area contributed by atoms with E-state index in [0.29, 0.717) is 5.56 Å². The van der Waals surface area contributed by atoms with Gasteiger partial charge < -0.3 is 10.2 Å². The fourth-order valence-electron chi connectivity index (χ4n) is 1.79. The Morgan fingerprint density at radius 1 is 0.750 bits per heavy atom. The summed E-state index contributed by atoms with van der Waals surface area (Å²) in [6.45, 7) is 0. The van der Waals surface area contributed by atoms with Crippen LogP contribution in [0.2, 0.25) is 0 Å². The molecule has 4 nitrogen and oxygen atoms in total. The molecule has 0 bridgehead atoms. The van der Waals surface area contributed by atoms with Crippen molar-refractivity contribution in [2.75, 3.05) is 0 Å². The Bertz CT molecular complexity index is 672. The van der Waals surface area contributed by atoms with Gasteiger partial charge in [-0.25, -0.2) is 9.59 Å². The maximum atomic E-state index is 11.1. The lowest BCUT2D eigenvalue weighted by Gasteiger charge is -2.02. The molecule has 0 radical (unpaired) electrons. The number of aromatic carboxylic acids is 2. The van der Waals surface area contributed by atoms with Crippen LogP contribution in [0.3, 0.4) is 0 Å². The van der Waals surface area contributed by atoms with Gasteiger partial charge in [-0.1, -0.05) is 48.6 Å². The van der Waals surface area contributed by atoms with Crippen LogP contribution in [0.5, 0.6) is 0 Å². The average Bonchev–Trinajstić information content (AvgIpc) is 2.45. The Hall–Kier alpha value is -2.88. The smallest absolute Gasteiger partial charge is 0.336 e. The number of carbonyl (C=O) groups is 2. The molecule has 0 aliphatic rings. The van der Waals surface area contributed by atoms with E-state index in [1.54, 1.807) is 12.1 Å². The first-order chi connectivity index (χ1) is 9.58. The van der Waals surface area contributed by atoms with E-state index in [2.05, 4.69) is 0 Å². The quantitative estimate of drug-likeness (QED) is 0.835. The van der Waals surface area contributed by atoms with Crippen molar-refractivity contribution in [3.05, 3.63) is 70.8 Å². The molecule has 0 spiro atoms. The molecule has 0 saturated heterocycles. The van der Waals surface area contributed by atoms with Crippen molar-refractivity contribution < 1.29 is 19.8 Å². The normalized spacial score (nSPS) is 10.6. The highest BCUT2D eigenvalue weighted by molar-refractivity contribution is 6.02. The number of hydrogen-bond donors (Lipinski definition) is 2. The van der Waals surface area contributed by atoms with Crippen LogP contribution in [-0.4, -0.2) is 22.2 Å². The summed E-state index contributed by atoms with van der Waals surface area (Å²) >= 11 is 0. The van der Waals surface area contributed by atoms with Crippen LogP contribution in [-0.2, 0) is 0 Å². The number of carboxylic acid groups (broad SMARTS) is 2. The monoisotopic (exact) mass is 268 g/mol. The summed E-state index contributed by atoms with van der Waals surface area (Å²) in [5.74, 6) is -2.50. The fraction of sp³-hybridized carbons (Fsp3) is 0. The van der Waals surface area contributed by atoms with Gasteiger partial charge in [0.25, 0.3) is 0 Å². The maximum Gasteiger partial charge on any atom is 0.336 e. The maximum absolute atomic E-state index is 11.1. The Labute approximate surface area is 115 Å². The Balaban J connectivity index is 2.35. The van der Waals surface area contributed by atoms with Gasteiger partial charge in [-0.3, -0.25) is 0 Å². The zero-order chi connectivity index (χ0) is 14.5. The highest BCUT2D eigenvalue weighted by atomic mass is 16.4. The van der Waals surface area contributed by atoms with E-state index in [4.69, 9.17) is 10.2 Å². The third-order valence-corrected chi connectivity index (χ3v) is 2.77. The molecule has 0 aromatic heterocycles. The van der Waals surface area contributed by atoms with Gasteiger partial charge in [-0.2, -0.15) is 0 Å². The predicted molar refractivity (Wildman–Crippen MR) is 75.7 cm³/mol. The van der Waals surface area contributed by atoms with E-state index in [9.17, 15) is 9.59 Å². The molecule has 0 fully saturated rings. The largest absolute Gasteiger partial charge is 0.478 e. The van der Waals surface area contributed by atoms with Gasteiger partial charge in [0, 0.05) is 0 Å². The number of benzene rings is 2. The van der Waals surface area contributed by atoms with E-state index in [1.165, 1.54) is 12.1 Å². The molecular weight excluding hydrogens is 256 g/mol. The molecule has 0 unspecified atom stereocenters. The van der Waals surface area contributed by atoms with Crippen LogP contribution in [0, 0.1) is 0 Å². The van der Waals surface area contributed by atoms with Crippen LogP contribution in [0.25, 0.3) is 12.2 Å². The minimum absolute atomic E-state index is 0.214. The molecule has 0 heterocycles. The first-order valence-corrected chi connectivity index (χ1v) is 5.91. The third kappa shape index (κ3) is 3.11. The van der Waals surface area contributed by atoms with Gasteiger partial charge in [0.15, 0.2) is 0 Å². The highest BCUT2D eigenvalue weighted by Crippen LogP contribution is 2.15. The Morgan fingerprint density at radius 2 is 1.35 bits per heavy atom. The summed E-state index contributed by atoms with van der Waals surface area (Å²) in [5.41, 5.74) is 1.19. The van der Waals surface area contributed by atoms with Gasteiger partial charge in [-0.15, -0.1) is 0 Å². The first-order valence-electron chi connectivity index (χ1n) is 5.91. The second kappa shape index (κ2) is 5.84. The molecule has 0 aliphatic carbocycles. The van der Waals surface area contributed by atoms with Gasteiger partial charge in [0.1, 0.15) is 0 Å². The van der Waals surface area contributed by atoms with Gasteiger partial charge in [-0.05, 0) is 23.3 Å². The second-order valence-corrected chi connectivity index (χ2v) is 4.16. The molecule has 0 atom stereocenters. The number of hydrogen-bond acceptors (Lipinski definition) is 2. The summed E-state index contributed by atoms with van der Waals surface area (Å²) in [4.78, 5) is 22.0. The minimum atomic E-state index is -1.25. The first kappa shape index (κ1) is 13.5. The molecule has 2 rings (SSSR count). The molecule has 2 aromatic rings. The average molecular weight is 268 g/mol. The zero-order valence-corrected chi connectivity index (χ0v) is 10.5. The van der Waals surface area contributed by atoms with Gasteiger partial charge >= 0.3 is 11.9 Å². The van der Waals surface area contributed by atoms with E-state index in [-0.39, 0.29) is 11.1 Å². The van der Waals surface area contributed by atoms with E-state index >= 15 is 0 Å². The zero-order valence-electron chi connectivity index (χ0n) is 10.5. The molecular formula is C16H12O4. The van der Waals surface area contributed by atoms with Crippen LogP contribution < -0.4 is 0 Å². The number of carboxylic acids is 2. The molecule has 2 aromatic carbocycles. The molecule has 4 heteroatoms. The van der Waals surface area contributed by atoms with Crippen molar-refractivity contribution in [2.45, 2.75) is 0 Å². The molecule has 0 amide bonds. The van der Waals surface area contributed by atoms with Gasteiger partial charge in [0.2, 0.25) is 0 Å². The van der Waals surface area contributed by atoms with Crippen molar-refractivity contribution in [3.63, 3.8) is 0 Å². The van der Waals surface area contributed by atoms with Crippen LogP contribution in [0.4, 0.5) is 0 Å².